The first kappa shape index (κ1) is 14.6. The Labute approximate surface area is 119 Å². The van der Waals surface area contributed by atoms with Gasteiger partial charge < -0.3 is 10.6 Å². The lowest BCUT2D eigenvalue weighted by Gasteiger charge is -2.08. The zero-order valence-electron chi connectivity index (χ0n) is 12.1. The highest BCUT2D eigenvalue weighted by Crippen LogP contribution is 2.38. The molecule has 0 radical (unpaired) electrons. The van der Waals surface area contributed by atoms with Gasteiger partial charge in [0, 0.05) is 12.6 Å². The second-order valence-electron chi connectivity index (χ2n) is 5.64. The molecule has 0 bridgehead atoms. The molecule has 0 spiro atoms. The van der Waals surface area contributed by atoms with Crippen molar-refractivity contribution >= 4 is 11.8 Å². The highest BCUT2D eigenvalue weighted by atomic mass is 16.2. The summed E-state index contributed by atoms with van der Waals surface area (Å²) < 4.78 is 0. The Balaban J connectivity index is 1.68. The SMILES string of the molecule is CC(C)NC(=O)C1CC1C(=O)NCCc1ccccc1. The molecule has 1 saturated carbocycles. The number of carbonyl (C=O) groups excluding carboxylic acids is 2. The minimum Gasteiger partial charge on any atom is -0.356 e. The van der Waals surface area contributed by atoms with Crippen molar-refractivity contribution in [2.75, 3.05) is 6.54 Å². The van der Waals surface area contributed by atoms with Crippen LogP contribution in [0.25, 0.3) is 0 Å². The number of hydrogen-bond donors (Lipinski definition) is 2. The molecule has 1 aromatic carbocycles. The second-order valence-corrected chi connectivity index (χ2v) is 5.64. The maximum Gasteiger partial charge on any atom is 0.224 e. The molecule has 2 atom stereocenters. The average Bonchev–Trinajstić information content (AvgIpc) is 3.19. The van der Waals surface area contributed by atoms with Gasteiger partial charge in [0.1, 0.15) is 0 Å². The topological polar surface area (TPSA) is 58.2 Å². The third kappa shape index (κ3) is 4.08. The Morgan fingerprint density at radius 3 is 2.45 bits per heavy atom. The molecule has 0 aliphatic heterocycles. The van der Waals surface area contributed by atoms with Crippen LogP contribution in [0.2, 0.25) is 0 Å². The number of rotatable bonds is 6. The molecule has 0 aromatic heterocycles. The fraction of sp³-hybridized carbons (Fsp3) is 0.500. The van der Waals surface area contributed by atoms with E-state index in [4.69, 9.17) is 0 Å². The first-order valence-corrected chi connectivity index (χ1v) is 7.20. The highest BCUT2D eigenvalue weighted by Gasteiger charge is 2.47. The van der Waals surface area contributed by atoms with Gasteiger partial charge in [-0.2, -0.15) is 0 Å². The van der Waals surface area contributed by atoms with Gasteiger partial charge in [-0.15, -0.1) is 0 Å². The van der Waals surface area contributed by atoms with Gasteiger partial charge in [0.2, 0.25) is 11.8 Å². The van der Waals surface area contributed by atoms with Gasteiger partial charge in [-0.05, 0) is 32.3 Å². The van der Waals surface area contributed by atoms with Gasteiger partial charge >= 0.3 is 0 Å². The van der Waals surface area contributed by atoms with Crippen molar-refractivity contribution in [2.45, 2.75) is 32.7 Å². The number of amides is 2. The predicted molar refractivity (Wildman–Crippen MR) is 78.0 cm³/mol. The van der Waals surface area contributed by atoms with E-state index in [0.29, 0.717) is 13.0 Å². The number of hydrogen-bond acceptors (Lipinski definition) is 2. The smallest absolute Gasteiger partial charge is 0.224 e. The van der Waals surface area contributed by atoms with E-state index in [1.54, 1.807) is 0 Å². The van der Waals surface area contributed by atoms with Crippen LogP contribution in [0.3, 0.4) is 0 Å². The summed E-state index contributed by atoms with van der Waals surface area (Å²) in [5.41, 5.74) is 1.21. The van der Waals surface area contributed by atoms with Crippen LogP contribution in [0.4, 0.5) is 0 Å². The Morgan fingerprint density at radius 1 is 1.15 bits per heavy atom. The molecule has 1 fully saturated rings. The summed E-state index contributed by atoms with van der Waals surface area (Å²) in [5.74, 6) is -0.258. The monoisotopic (exact) mass is 274 g/mol. The van der Waals surface area contributed by atoms with E-state index < -0.39 is 0 Å². The summed E-state index contributed by atoms with van der Waals surface area (Å²) >= 11 is 0. The minimum atomic E-state index is -0.135. The van der Waals surface area contributed by atoms with Crippen LogP contribution in [-0.4, -0.2) is 24.4 Å². The molecule has 2 amide bonds. The van der Waals surface area contributed by atoms with E-state index in [2.05, 4.69) is 10.6 Å². The molecule has 1 aliphatic carbocycles. The summed E-state index contributed by atoms with van der Waals surface area (Å²) in [6.07, 6.45) is 1.50. The van der Waals surface area contributed by atoms with Gasteiger partial charge in [0.05, 0.1) is 11.8 Å². The fourth-order valence-corrected chi connectivity index (χ4v) is 2.27. The third-order valence-corrected chi connectivity index (χ3v) is 3.45. The molecule has 0 heterocycles. The lowest BCUT2D eigenvalue weighted by molar-refractivity contribution is -0.127. The van der Waals surface area contributed by atoms with Crippen LogP contribution in [0, 0.1) is 11.8 Å². The van der Waals surface area contributed by atoms with Crippen molar-refractivity contribution in [1.82, 2.24) is 10.6 Å². The normalized spacial score (nSPS) is 20.6. The molecule has 2 unspecified atom stereocenters. The van der Waals surface area contributed by atoms with E-state index in [1.807, 2.05) is 44.2 Å². The Kier molecular flexibility index (Phi) is 4.77. The third-order valence-electron chi connectivity index (χ3n) is 3.45. The quantitative estimate of drug-likeness (QED) is 0.826. The minimum absolute atomic E-state index is 0.00297. The largest absolute Gasteiger partial charge is 0.356 e. The molecule has 108 valence electrons. The average molecular weight is 274 g/mol. The van der Waals surface area contributed by atoms with Gasteiger partial charge in [0.25, 0.3) is 0 Å². The summed E-state index contributed by atoms with van der Waals surface area (Å²) in [4.78, 5) is 23.6. The molecule has 2 rings (SSSR count). The first-order chi connectivity index (χ1) is 9.58. The van der Waals surface area contributed by atoms with E-state index in [0.717, 1.165) is 6.42 Å². The lowest BCUT2D eigenvalue weighted by atomic mass is 10.1. The summed E-state index contributed by atoms with van der Waals surface area (Å²) in [6.45, 7) is 4.47. The molecule has 1 aliphatic rings. The second kappa shape index (κ2) is 6.55. The standard InChI is InChI=1S/C16H22N2O2/c1-11(2)18-16(20)14-10-13(14)15(19)17-9-8-12-6-4-3-5-7-12/h3-7,11,13-14H,8-10H2,1-2H3,(H,17,19)(H,18,20). The Bertz CT molecular complexity index is 471. The molecule has 4 heteroatoms. The zero-order chi connectivity index (χ0) is 14.5. The molecular weight excluding hydrogens is 252 g/mol. The molecule has 0 saturated heterocycles. The zero-order valence-corrected chi connectivity index (χ0v) is 12.1. The number of carbonyl (C=O) groups is 2. The molecule has 4 nitrogen and oxygen atoms in total. The molecule has 2 N–H and O–H groups in total. The van der Waals surface area contributed by atoms with Gasteiger partial charge in [0.15, 0.2) is 0 Å². The van der Waals surface area contributed by atoms with Gasteiger partial charge in [-0.3, -0.25) is 9.59 Å². The summed E-state index contributed by atoms with van der Waals surface area (Å²) in [6, 6.07) is 10.2. The van der Waals surface area contributed by atoms with Crippen LogP contribution < -0.4 is 10.6 Å². The van der Waals surface area contributed by atoms with Crippen LogP contribution in [0.15, 0.2) is 30.3 Å². The predicted octanol–water partition coefficient (Wildman–Crippen LogP) is 1.51. The molecular formula is C16H22N2O2. The van der Waals surface area contributed by atoms with E-state index in [9.17, 15) is 9.59 Å². The maximum atomic E-state index is 11.9. The van der Waals surface area contributed by atoms with Crippen LogP contribution >= 0.6 is 0 Å². The Hall–Kier alpha value is -1.84. The van der Waals surface area contributed by atoms with Crippen LogP contribution in [0.1, 0.15) is 25.8 Å². The van der Waals surface area contributed by atoms with Crippen LogP contribution in [0.5, 0.6) is 0 Å². The first-order valence-electron chi connectivity index (χ1n) is 7.20. The van der Waals surface area contributed by atoms with E-state index in [-0.39, 0.29) is 29.7 Å². The Morgan fingerprint density at radius 2 is 1.80 bits per heavy atom. The number of benzene rings is 1. The van der Waals surface area contributed by atoms with Crippen molar-refractivity contribution in [1.29, 1.82) is 0 Å². The summed E-state index contributed by atoms with van der Waals surface area (Å²) in [5, 5.41) is 5.76. The van der Waals surface area contributed by atoms with E-state index >= 15 is 0 Å². The van der Waals surface area contributed by atoms with Gasteiger partial charge in [-0.25, -0.2) is 0 Å². The van der Waals surface area contributed by atoms with Crippen molar-refractivity contribution in [3.63, 3.8) is 0 Å². The molecule has 1 aromatic rings. The van der Waals surface area contributed by atoms with E-state index in [1.165, 1.54) is 5.56 Å². The summed E-state index contributed by atoms with van der Waals surface area (Å²) in [7, 11) is 0. The van der Waals surface area contributed by atoms with Crippen LogP contribution in [-0.2, 0) is 16.0 Å². The highest BCUT2D eigenvalue weighted by molar-refractivity contribution is 5.92. The van der Waals surface area contributed by atoms with Crippen molar-refractivity contribution in [2.24, 2.45) is 11.8 Å². The van der Waals surface area contributed by atoms with Gasteiger partial charge in [-0.1, -0.05) is 30.3 Å². The van der Waals surface area contributed by atoms with Crippen molar-refractivity contribution < 1.29 is 9.59 Å². The van der Waals surface area contributed by atoms with Crippen molar-refractivity contribution in [3.05, 3.63) is 35.9 Å². The lowest BCUT2D eigenvalue weighted by Crippen LogP contribution is -2.34. The fourth-order valence-electron chi connectivity index (χ4n) is 2.27. The van der Waals surface area contributed by atoms with Crippen molar-refractivity contribution in [3.8, 4) is 0 Å². The number of nitrogens with one attached hydrogen (secondary N) is 2. The maximum absolute atomic E-state index is 11.9. The molecule has 20 heavy (non-hydrogen) atoms.